The minimum Gasteiger partial charge on any atom is -0.505 e. The van der Waals surface area contributed by atoms with Crippen molar-refractivity contribution in [2.75, 3.05) is 0 Å². The van der Waals surface area contributed by atoms with Gasteiger partial charge in [0.25, 0.3) is 5.91 Å². The smallest absolute Gasteiger partial charge is 0.254 e. The van der Waals surface area contributed by atoms with E-state index in [1.807, 2.05) is 0 Å². The minimum atomic E-state index is -1.33. The summed E-state index contributed by atoms with van der Waals surface area (Å²) in [6.07, 6.45) is 0. The van der Waals surface area contributed by atoms with Gasteiger partial charge in [0.1, 0.15) is 11.4 Å². The summed E-state index contributed by atoms with van der Waals surface area (Å²) in [6, 6.07) is 1.57. The third kappa shape index (κ3) is 1.20. The molecule has 0 aliphatic rings. The molecule has 0 aliphatic carbocycles. The van der Waals surface area contributed by atoms with Gasteiger partial charge in [-0.3, -0.25) is 4.79 Å². The van der Waals surface area contributed by atoms with E-state index in [1.54, 1.807) is 0 Å². The highest BCUT2D eigenvalue weighted by atomic mass is 19.1. The van der Waals surface area contributed by atoms with Crippen LogP contribution in [0.25, 0.3) is 0 Å². The maximum atomic E-state index is 12.7. The van der Waals surface area contributed by atoms with Crippen LogP contribution < -0.4 is 5.73 Å². The second kappa shape index (κ2) is 2.77. The van der Waals surface area contributed by atoms with Gasteiger partial charge in [-0.25, -0.2) is 8.78 Å². The van der Waals surface area contributed by atoms with Crippen LogP contribution in [0.2, 0.25) is 0 Å². The fourth-order valence-electron chi connectivity index (χ4n) is 0.767. The molecule has 0 radical (unpaired) electrons. The van der Waals surface area contributed by atoms with Crippen molar-refractivity contribution in [1.82, 2.24) is 0 Å². The molecular weight excluding hydrogens is 168 g/mol. The Balaban J connectivity index is 3.43. The molecule has 0 saturated carbocycles. The number of nitrogens with two attached hydrogens (primary N) is 1. The number of aromatic hydroxyl groups is 1. The van der Waals surface area contributed by atoms with Crippen LogP contribution in [0.15, 0.2) is 12.1 Å². The summed E-state index contributed by atoms with van der Waals surface area (Å²) in [7, 11) is 0. The normalized spacial score (nSPS) is 9.83. The highest BCUT2D eigenvalue weighted by Gasteiger charge is 2.17. The van der Waals surface area contributed by atoms with E-state index >= 15 is 0 Å². The molecule has 1 aromatic rings. The molecule has 0 bridgehead atoms. The maximum Gasteiger partial charge on any atom is 0.254 e. The molecule has 3 nitrogen and oxygen atoms in total. The van der Waals surface area contributed by atoms with Crippen LogP contribution in [0.3, 0.4) is 0 Å². The van der Waals surface area contributed by atoms with E-state index in [9.17, 15) is 13.6 Å². The number of rotatable bonds is 1. The monoisotopic (exact) mass is 173 g/mol. The number of halogens is 2. The highest BCUT2D eigenvalue weighted by Crippen LogP contribution is 2.20. The first-order valence-corrected chi connectivity index (χ1v) is 3.01. The van der Waals surface area contributed by atoms with Crippen LogP contribution in [-0.2, 0) is 0 Å². The van der Waals surface area contributed by atoms with E-state index in [0.717, 1.165) is 12.1 Å². The van der Waals surface area contributed by atoms with Gasteiger partial charge in [0.05, 0.1) is 0 Å². The lowest BCUT2D eigenvalue weighted by Crippen LogP contribution is -2.15. The molecule has 0 saturated heterocycles. The first kappa shape index (κ1) is 8.45. The van der Waals surface area contributed by atoms with Crippen LogP contribution in [0.1, 0.15) is 10.4 Å². The van der Waals surface area contributed by atoms with Crippen molar-refractivity contribution in [2.24, 2.45) is 5.73 Å². The van der Waals surface area contributed by atoms with Gasteiger partial charge in [-0.2, -0.15) is 0 Å². The zero-order chi connectivity index (χ0) is 9.30. The largest absolute Gasteiger partial charge is 0.505 e. The van der Waals surface area contributed by atoms with Gasteiger partial charge < -0.3 is 10.8 Å². The Morgan fingerprint density at radius 3 is 2.42 bits per heavy atom. The predicted octanol–water partition coefficient (Wildman–Crippen LogP) is 0.769. The Hall–Kier alpha value is -1.65. The van der Waals surface area contributed by atoms with Gasteiger partial charge in [0.2, 0.25) is 0 Å². The van der Waals surface area contributed by atoms with Crippen molar-refractivity contribution in [2.45, 2.75) is 0 Å². The van der Waals surface area contributed by atoms with Crippen molar-refractivity contribution in [1.29, 1.82) is 0 Å². The molecule has 1 aromatic carbocycles. The molecule has 5 heteroatoms. The summed E-state index contributed by atoms with van der Waals surface area (Å²) in [6.45, 7) is 0. The summed E-state index contributed by atoms with van der Waals surface area (Å²) in [5.41, 5.74) is 3.73. The lowest BCUT2D eigenvalue weighted by atomic mass is 10.2. The number of hydrogen-bond donors (Lipinski definition) is 2. The van der Waals surface area contributed by atoms with E-state index in [1.165, 1.54) is 0 Å². The number of hydrogen-bond acceptors (Lipinski definition) is 2. The summed E-state index contributed by atoms with van der Waals surface area (Å²) in [4.78, 5) is 10.4. The van der Waals surface area contributed by atoms with Crippen LogP contribution in [-0.4, -0.2) is 11.0 Å². The van der Waals surface area contributed by atoms with Crippen LogP contribution >= 0.6 is 0 Å². The highest BCUT2D eigenvalue weighted by molar-refractivity contribution is 5.93. The SMILES string of the molecule is NC(=O)c1c(F)ccc(O)c1F. The number of primary amides is 1. The first-order valence-electron chi connectivity index (χ1n) is 3.01. The van der Waals surface area contributed by atoms with Crippen LogP contribution in [0.4, 0.5) is 8.78 Å². The standard InChI is InChI=1S/C7H5F2NO2/c8-3-1-2-4(11)6(9)5(3)7(10)12/h1-2,11H,(H2,10,12). The zero-order valence-electron chi connectivity index (χ0n) is 5.84. The molecule has 0 aliphatic heterocycles. The Labute approximate surface area is 66.4 Å². The van der Waals surface area contributed by atoms with Crippen molar-refractivity contribution in [3.05, 3.63) is 29.3 Å². The number of carbonyl (C=O) groups is 1. The quantitative estimate of drug-likeness (QED) is 0.658. The zero-order valence-corrected chi connectivity index (χ0v) is 5.84. The molecule has 0 heterocycles. The topological polar surface area (TPSA) is 63.3 Å². The molecular formula is C7H5F2NO2. The molecule has 12 heavy (non-hydrogen) atoms. The molecule has 3 N–H and O–H groups in total. The van der Waals surface area contributed by atoms with Crippen LogP contribution in [0.5, 0.6) is 5.75 Å². The van der Waals surface area contributed by atoms with E-state index in [0.29, 0.717) is 0 Å². The molecule has 0 unspecified atom stereocenters. The van der Waals surface area contributed by atoms with Gasteiger partial charge in [-0.05, 0) is 12.1 Å². The van der Waals surface area contributed by atoms with Gasteiger partial charge in [-0.15, -0.1) is 0 Å². The fraction of sp³-hybridized carbons (Fsp3) is 0. The van der Waals surface area contributed by atoms with Crippen molar-refractivity contribution in [3.8, 4) is 5.75 Å². The number of phenols is 1. The van der Waals surface area contributed by atoms with Gasteiger partial charge in [0, 0.05) is 0 Å². The molecule has 0 aromatic heterocycles. The van der Waals surface area contributed by atoms with Crippen molar-refractivity contribution < 1.29 is 18.7 Å². The lowest BCUT2D eigenvalue weighted by Gasteiger charge is -2.00. The number of carbonyl (C=O) groups excluding carboxylic acids is 1. The summed E-state index contributed by atoms with van der Waals surface area (Å²) in [5.74, 6) is -4.47. The predicted molar refractivity (Wildman–Crippen MR) is 36.5 cm³/mol. The fourth-order valence-corrected chi connectivity index (χ4v) is 0.767. The number of benzene rings is 1. The Bertz CT molecular complexity index is 338. The van der Waals surface area contributed by atoms with Gasteiger partial charge >= 0.3 is 0 Å². The van der Waals surface area contributed by atoms with Crippen LogP contribution in [0, 0.1) is 11.6 Å². The summed E-state index contributed by atoms with van der Waals surface area (Å²) >= 11 is 0. The third-order valence-electron chi connectivity index (χ3n) is 1.32. The molecule has 0 spiro atoms. The molecule has 1 amide bonds. The molecule has 0 atom stereocenters. The van der Waals surface area contributed by atoms with Crippen molar-refractivity contribution in [3.63, 3.8) is 0 Å². The number of amides is 1. The molecule has 1 rings (SSSR count). The van der Waals surface area contributed by atoms with E-state index in [-0.39, 0.29) is 0 Å². The second-order valence-electron chi connectivity index (χ2n) is 2.12. The molecule has 64 valence electrons. The van der Waals surface area contributed by atoms with Crippen molar-refractivity contribution >= 4 is 5.91 Å². The Morgan fingerprint density at radius 2 is 2.00 bits per heavy atom. The summed E-state index contributed by atoms with van der Waals surface area (Å²) < 4.78 is 25.4. The van der Waals surface area contributed by atoms with Gasteiger partial charge in [-0.1, -0.05) is 0 Å². The average molecular weight is 173 g/mol. The first-order chi connectivity index (χ1) is 5.54. The van der Waals surface area contributed by atoms with E-state index < -0.39 is 28.9 Å². The van der Waals surface area contributed by atoms with E-state index in [2.05, 4.69) is 5.73 Å². The van der Waals surface area contributed by atoms with Gasteiger partial charge in [0.15, 0.2) is 11.6 Å². The maximum absolute atomic E-state index is 12.7. The minimum absolute atomic E-state index is 0.762. The average Bonchev–Trinajstić information content (AvgIpc) is 1.97. The summed E-state index contributed by atoms with van der Waals surface area (Å²) in [5, 5.41) is 8.72. The Morgan fingerprint density at radius 1 is 1.42 bits per heavy atom. The number of phenolic OH excluding ortho intramolecular Hbond substituents is 1. The molecule has 0 fully saturated rings. The third-order valence-corrected chi connectivity index (χ3v) is 1.32. The van der Waals surface area contributed by atoms with E-state index in [4.69, 9.17) is 5.11 Å². The Kier molecular flexibility index (Phi) is 1.95. The lowest BCUT2D eigenvalue weighted by molar-refractivity contribution is 0.0991. The second-order valence-corrected chi connectivity index (χ2v) is 2.12.